The molecule has 1 heterocycles. The molecule has 5 nitrogen and oxygen atoms in total. The Morgan fingerprint density at radius 2 is 2.32 bits per heavy atom. The second kappa shape index (κ2) is 5.73. The number of primary amides is 1. The van der Waals surface area contributed by atoms with Crippen LogP contribution in [0.25, 0.3) is 0 Å². The van der Waals surface area contributed by atoms with Crippen LogP contribution in [-0.4, -0.2) is 24.5 Å². The summed E-state index contributed by atoms with van der Waals surface area (Å²) in [6.45, 7) is 2.52. The van der Waals surface area contributed by atoms with Crippen LogP contribution in [0.2, 0.25) is 0 Å². The fourth-order valence-electron chi connectivity index (χ4n) is 2.15. The maximum atomic E-state index is 11.8. The average molecular weight is 262 g/mol. The van der Waals surface area contributed by atoms with Crippen LogP contribution in [0.3, 0.4) is 0 Å². The van der Waals surface area contributed by atoms with Gasteiger partial charge >= 0.3 is 0 Å². The predicted molar refractivity (Wildman–Crippen MR) is 71.0 cm³/mol. The van der Waals surface area contributed by atoms with Crippen molar-refractivity contribution in [3.05, 3.63) is 29.3 Å². The zero-order chi connectivity index (χ0) is 13.8. The number of nitrogens with one attached hydrogen (secondary N) is 1. The van der Waals surface area contributed by atoms with Gasteiger partial charge in [-0.3, -0.25) is 9.59 Å². The SMILES string of the molecule is CC[C@@H](Oc1ccc2c(c1)CCCNC2=O)C(N)=O. The van der Waals surface area contributed by atoms with Crippen molar-refractivity contribution in [2.75, 3.05) is 6.54 Å². The Morgan fingerprint density at radius 1 is 1.53 bits per heavy atom. The molecule has 2 rings (SSSR count). The van der Waals surface area contributed by atoms with E-state index in [4.69, 9.17) is 10.5 Å². The molecule has 1 aromatic rings. The quantitative estimate of drug-likeness (QED) is 0.849. The number of nitrogens with two attached hydrogens (primary N) is 1. The minimum Gasteiger partial charge on any atom is -0.481 e. The number of benzene rings is 1. The van der Waals surface area contributed by atoms with Gasteiger partial charge in [-0.25, -0.2) is 0 Å². The minimum absolute atomic E-state index is 0.0546. The first kappa shape index (κ1) is 13.4. The topological polar surface area (TPSA) is 81.4 Å². The predicted octanol–water partition coefficient (Wildman–Crippen LogP) is 1.01. The highest BCUT2D eigenvalue weighted by Crippen LogP contribution is 2.22. The van der Waals surface area contributed by atoms with Crippen LogP contribution >= 0.6 is 0 Å². The largest absolute Gasteiger partial charge is 0.481 e. The summed E-state index contributed by atoms with van der Waals surface area (Å²) < 4.78 is 5.56. The molecular weight excluding hydrogens is 244 g/mol. The van der Waals surface area contributed by atoms with Gasteiger partial charge < -0.3 is 15.8 Å². The second-order valence-corrected chi connectivity index (χ2v) is 4.60. The van der Waals surface area contributed by atoms with Crippen molar-refractivity contribution in [3.63, 3.8) is 0 Å². The molecule has 0 aliphatic carbocycles. The van der Waals surface area contributed by atoms with Crippen LogP contribution in [0, 0.1) is 0 Å². The highest BCUT2D eigenvalue weighted by atomic mass is 16.5. The minimum atomic E-state index is -0.627. The summed E-state index contributed by atoms with van der Waals surface area (Å²) in [6, 6.07) is 5.26. The van der Waals surface area contributed by atoms with Gasteiger partial charge in [0.1, 0.15) is 5.75 Å². The van der Waals surface area contributed by atoms with Crippen LogP contribution in [-0.2, 0) is 11.2 Å². The van der Waals surface area contributed by atoms with E-state index in [0.717, 1.165) is 18.4 Å². The number of rotatable bonds is 4. The smallest absolute Gasteiger partial charge is 0.258 e. The Balaban J connectivity index is 2.23. The molecule has 1 aliphatic rings. The Bertz CT molecular complexity index is 499. The summed E-state index contributed by atoms with van der Waals surface area (Å²) in [6.07, 6.45) is 1.61. The van der Waals surface area contributed by atoms with Gasteiger partial charge in [-0.2, -0.15) is 0 Å². The van der Waals surface area contributed by atoms with Crippen molar-refractivity contribution in [1.82, 2.24) is 5.32 Å². The van der Waals surface area contributed by atoms with E-state index >= 15 is 0 Å². The molecule has 1 aromatic carbocycles. The molecule has 5 heteroatoms. The summed E-state index contributed by atoms with van der Waals surface area (Å²) in [5.41, 5.74) is 6.88. The van der Waals surface area contributed by atoms with E-state index in [1.54, 1.807) is 12.1 Å². The molecule has 1 atom stereocenters. The van der Waals surface area contributed by atoms with Crippen molar-refractivity contribution in [3.8, 4) is 5.75 Å². The van der Waals surface area contributed by atoms with E-state index in [0.29, 0.717) is 24.3 Å². The second-order valence-electron chi connectivity index (χ2n) is 4.60. The van der Waals surface area contributed by atoms with Gasteiger partial charge in [0.05, 0.1) is 0 Å². The zero-order valence-electron chi connectivity index (χ0n) is 10.9. The van der Waals surface area contributed by atoms with Gasteiger partial charge in [-0.15, -0.1) is 0 Å². The van der Waals surface area contributed by atoms with E-state index in [9.17, 15) is 9.59 Å². The number of amides is 2. The molecule has 0 saturated carbocycles. The third-order valence-electron chi connectivity index (χ3n) is 3.20. The Labute approximate surface area is 112 Å². The lowest BCUT2D eigenvalue weighted by Crippen LogP contribution is -2.33. The van der Waals surface area contributed by atoms with Gasteiger partial charge in [-0.1, -0.05) is 6.92 Å². The number of fused-ring (bicyclic) bond motifs is 1. The van der Waals surface area contributed by atoms with Gasteiger partial charge in [0.15, 0.2) is 6.10 Å². The first-order chi connectivity index (χ1) is 9.11. The molecule has 1 aliphatic heterocycles. The number of ether oxygens (including phenoxy) is 1. The highest BCUT2D eigenvalue weighted by molar-refractivity contribution is 5.96. The molecule has 0 spiro atoms. The Kier molecular flexibility index (Phi) is 4.04. The summed E-state index contributed by atoms with van der Waals surface area (Å²) in [5.74, 6) is 0.0512. The van der Waals surface area contributed by atoms with Gasteiger partial charge in [0, 0.05) is 12.1 Å². The first-order valence-corrected chi connectivity index (χ1v) is 6.49. The molecule has 3 N–H and O–H groups in total. The maximum absolute atomic E-state index is 11.8. The third kappa shape index (κ3) is 3.05. The van der Waals surface area contributed by atoms with Crippen molar-refractivity contribution >= 4 is 11.8 Å². The van der Waals surface area contributed by atoms with Crippen LogP contribution < -0.4 is 15.8 Å². The molecular formula is C14H18N2O3. The van der Waals surface area contributed by atoms with E-state index in [1.807, 2.05) is 13.0 Å². The fraction of sp³-hybridized carbons (Fsp3) is 0.429. The van der Waals surface area contributed by atoms with Crippen LogP contribution in [0.1, 0.15) is 35.7 Å². The lowest BCUT2D eigenvalue weighted by Gasteiger charge is -2.15. The maximum Gasteiger partial charge on any atom is 0.258 e. The number of aryl methyl sites for hydroxylation is 1. The molecule has 102 valence electrons. The average Bonchev–Trinajstić information content (AvgIpc) is 2.57. The van der Waals surface area contributed by atoms with E-state index in [2.05, 4.69) is 5.32 Å². The Morgan fingerprint density at radius 3 is 3.00 bits per heavy atom. The van der Waals surface area contributed by atoms with Gasteiger partial charge in [0.25, 0.3) is 11.8 Å². The fourth-order valence-corrected chi connectivity index (χ4v) is 2.15. The van der Waals surface area contributed by atoms with Crippen molar-refractivity contribution in [1.29, 1.82) is 0 Å². The number of hydrogen-bond donors (Lipinski definition) is 2. The van der Waals surface area contributed by atoms with E-state index in [1.165, 1.54) is 0 Å². The van der Waals surface area contributed by atoms with E-state index < -0.39 is 12.0 Å². The summed E-state index contributed by atoms with van der Waals surface area (Å²) in [5, 5.41) is 2.84. The van der Waals surface area contributed by atoms with Crippen molar-refractivity contribution in [2.24, 2.45) is 5.73 Å². The van der Waals surface area contributed by atoms with Crippen LogP contribution in [0.5, 0.6) is 5.75 Å². The monoisotopic (exact) mass is 262 g/mol. The summed E-state index contributed by atoms with van der Waals surface area (Å²) in [4.78, 5) is 22.9. The molecule has 2 amide bonds. The molecule has 0 unspecified atom stereocenters. The molecule has 0 fully saturated rings. The summed E-state index contributed by atoms with van der Waals surface area (Å²) >= 11 is 0. The highest BCUT2D eigenvalue weighted by Gasteiger charge is 2.18. The third-order valence-corrected chi connectivity index (χ3v) is 3.20. The van der Waals surface area contributed by atoms with Gasteiger partial charge in [0.2, 0.25) is 0 Å². The van der Waals surface area contributed by atoms with Crippen LogP contribution in [0.4, 0.5) is 0 Å². The van der Waals surface area contributed by atoms with E-state index in [-0.39, 0.29) is 5.91 Å². The summed E-state index contributed by atoms with van der Waals surface area (Å²) in [7, 11) is 0. The zero-order valence-corrected chi connectivity index (χ0v) is 10.9. The van der Waals surface area contributed by atoms with Crippen molar-refractivity contribution < 1.29 is 14.3 Å². The normalized spacial score (nSPS) is 15.9. The molecule has 19 heavy (non-hydrogen) atoms. The Hall–Kier alpha value is -2.04. The number of carbonyl (C=O) groups is 2. The first-order valence-electron chi connectivity index (χ1n) is 6.49. The molecule has 0 radical (unpaired) electrons. The molecule has 0 bridgehead atoms. The number of carbonyl (C=O) groups excluding carboxylic acids is 2. The molecule has 0 saturated heterocycles. The molecule has 0 aromatic heterocycles. The van der Waals surface area contributed by atoms with Crippen LogP contribution in [0.15, 0.2) is 18.2 Å². The lowest BCUT2D eigenvalue weighted by atomic mass is 10.0. The standard InChI is InChI=1S/C14H18N2O3/c1-2-12(13(15)17)19-10-5-6-11-9(8-10)4-3-7-16-14(11)18/h5-6,8,12H,2-4,7H2,1H3,(H2,15,17)(H,16,18)/t12-/m1/s1. The van der Waals surface area contributed by atoms with Crippen molar-refractivity contribution in [2.45, 2.75) is 32.3 Å². The van der Waals surface area contributed by atoms with Gasteiger partial charge in [-0.05, 0) is 43.0 Å². The lowest BCUT2D eigenvalue weighted by molar-refractivity contribution is -0.124. The number of hydrogen-bond acceptors (Lipinski definition) is 3.